The first-order valence-corrected chi connectivity index (χ1v) is 16.9. The summed E-state index contributed by atoms with van der Waals surface area (Å²) in [5.74, 6) is 0.827. The van der Waals surface area contributed by atoms with Gasteiger partial charge in [-0.2, -0.15) is 5.10 Å². The van der Waals surface area contributed by atoms with Gasteiger partial charge in [0, 0.05) is 12.1 Å². The van der Waals surface area contributed by atoms with Crippen LogP contribution >= 0.6 is 11.8 Å². The molecule has 4 rings (SSSR count). The number of rotatable bonds is 18. The molecule has 0 aliphatic carbocycles. The van der Waals surface area contributed by atoms with E-state index in [2.05, 4.69) is 32.2 Å². The van der Waals surface area contributed by atoms with Gasteiger partial charge in [0.25, 0.3) is 5.91 Å². The highest BCUT2D eigenvalue weighted by molar-refractivity contribution is 7.99. The standard InChI is InChI=1S/C36H43N5O3S/c1-3-4-5-6-7-8-9-10-14-17-33-38-40-36(41(33)31-15-12-11-13-16-31)45-27-34(42)39-37-26-29-20-24-32(25-21-29)44-35(43)30-22-18-28(2)19-23-30/h11-13,15-16,18-26H,3-10,14,17,27H2,1-2H3,(H,39,42)/b37-26-. The van der Waals surface area contributed by atoms with Crippen molar-refractivity contribution in [3.63, 3.8) is 0 Å². The molecule has 0 unspecified atom stereocenters. The van der Waals surface area contributed by atoms with Crippen molar-refractivity contribution >= 4 is 29.9 Å². The van der Waals surface area contributed by atoms with Gasteiger partial charge in [-0.3, -0.25) is 9.36 Å². The Morgan fingerprint density at radius 1 is 0.844 bits per heavy atom. The van der Waals surface area contributed by atoms with Crippen LogP contribution < -0.4 is 10.2 Å². The largest absolute Gasteiger partial charge is 0.423 e. The molecule has 45 heavy (non-hydrogen) atoms. The van der Waals surface area contributed by atoms with Crippen molar-refractivity contribution in [2.45, 2.75) is 83.2 Å². The number of thioether (sulfide) groups is 1. The highest BCUT2D eigenvalue weighted by atomic mass is 32.2. The molecule has 3 aromatic carbocycles. The van der Waals surface area contributed by atoms with Crippen molar-refractivity contribution in [1.29, 1.82) is 0 Å². The Kier molecular flexibility index (Phi) is 13.9. The van der Waals surface area contributed by atoms with Gasteiger partial charge in [0.1, 0.15) is 11.6 Å². The van der Waals surface area contributed by atoms with E-state index in [-0.39, 0.29) is 11.7 Å². The number of aryl methyl sites for hydroxylation is 2. The fourth-order valence-electron chi connectivity index (χ4n) is 4.80. The lowest BCUT2D eigenvalue weighted by Gasteiger charge is -2.10. The van der Waals surface area contributed by atoms with Gasteiger partial charge in [0.15, 0.2) is 5.16 Å². The molecule has 1 amide bonds. The summed E-state index contributed by atoms with van der Waals surface area (Å²) < 4.78 is 7.49. The number of hydrogen-bond acceptors (Lipinski definition) is 7. The van der Waals surface area contributed by atoms with Crippen LogP contribution in [0.1, 0.15) is 92.0 Å². The molecule has 0 aliphatic heterocycles. The number of ether oxygens (including phenoxy) is 1. The fraction of sp³-hybridized carbons (Fsp3) is 0.361. The van der Waals surface area contributed by atoms with Crippen molar-refractivity contribution < 1.29 is 14.3 Å². The first-order valence-electron chi connectivity index (χ1n) is 15.9. The number of para-hydroxylation sites is 1. The van der Waals surface area contributed by atoms with E-state index in [0.717, 1.165) is 35.5 Å². The topological polar surface area (TPSA) is 98.5 Å². The summed E-state index contributed by atoms with van der Waals surface area (Å²) in [5.41, 5.74) is 5.88. The second-order valence-corrected chi connectivity index (χ2v) is 12.0. The van der Waals surface area contributed by atoms with Gasteiger partial charge in [-0.25, -0.2) is 10.2 Å². The zero-order valence-electron chi connectivity index (χ0n) is 26.3. The van der Waals surface area contributed by atoms with E-state index in [0.29, 0.717) is 16.5 Å². The first kappa shape index (κ1) is 33.6. The second kappa shape index (κ2) is 18.5. The van der Waals surface area contributed by atoms with Gasteiger partial charge in [-0.15, -0.1) is 10.2 Å². The Morgan fingerprint density at radius 2 is 1.51 bits per heavy atom. The highest BCUT2D eigenvalue weighted by Gasteiger charge is 2.16. The van der Waals surface area contributed by atoms with Crippen LogP contribution in [0.15, 0.2) is 89.1 Å². The average Bonchev–Trinajstić information content (AvgIpc) is 3.47. The van der Waals surface area contributed by atoms with E-state index < -0.39 is 5.97 Å². The van der Waals surface area contributed by atoms with Gasteiger partial charge in [-0.05, 0) is 67.4 Å². The SMILES string of the molecule is CCCCCCCCCCCc1nnc(SCC(=O)N/N=C\c2ccc(OC(=O)c3ccc(C)cc3)cc2)n1-c1ccccc1. The number of nitrogens with zero attached hydrogens (tertiary/aromatic N) is 4. The summed E-state index contributed by atoms with van der Waals surface area (Å²) in [6, 6.07) is 24.2. The Balaban J connectivity index is 1.24. The lowest BCUT2D eigenvalue weighted by Crippen LogP contribution is -2.20. The van der Waals surface area contributed by atoms with Crippen LogP contribution in [0.25, 0.3) is 5.69 Å². The molecule has 0 radical (unpaired) electrons. The van der Waals surface area contributed by atoms with Crippen LogP contribution in [0.2, 0.25) is 0 Å². The third-order valence-electron chi connectivity index (χ3n) is 7.33. The van der Waals surface area contributed by atoms with E-state index in [1.807, 2.05) is 49.4 Å². The molecule has 0 atom stereocenters. The second-order valence-electron chi connectivity index (χ2n) is 11.1. The molecule has 0 saturated carbocycles. The van der Waals surface area contributed by atoms with Crippen molar-refractivity contribution in [2.75, 3.05) is 5.75 Å². The van der Waals surface area contributed by atoms with Gasteiger partial charge in [0.2, 0.25) is 0 Å². The molecule has 1 heterocycles. The third kappa shape index (κ3) is 11.3. The van der Waals surface area contributed by atoms with Crippen molar-refractivity contribution in [3.05, 3.63) is 101 Å². The number of nitrogens with one attached hydrogen (secondary N) is 1. The number of benzene rings is 3. The molecule has 1 N–H and O–H groups in total. The molecule has 0 bridgehead atoms. The molecule has 0 fully saturated rings. The zero-order valence-corrected chi connectivity index (χ0v) is 27.1. The van der Waals surface area contributed by atoms with Gasteiger partial charge >= 0.3 is 5.97 Å². The molecular weight excluding hydrogens is 582 g/mol. The maximum absolute atomic E-state index is 12.6. The number of esters is 1. The monoisotopic (exact) mass is 625 g/mol. The van der Waals surface area contributed by atoms with Crippen LogP contribution in [0.3, 0.4) is 0 Å². The van der Waals surface area contributed by atoms with E-state index in [1.54, 1.807) is 42.6 Å². The fourth-order valence-corrected chi connectivity index (χ4v) is 5.57. The van der Waals surface area contributed by atoms with E-state index in [9.17, 15) is 9.59 Å². The number of hydrogen-bond donors (Lipinski definition) is 1. The minimum Gasteiger partial charge on any atom is -0.423 e. The number of amides is 1. The minimum absolute atomic E-state index is 0.147. The van der Waals surface area contributed by atoms with Crippen LogP contribution in [-0.4, -0.2) is 38.6 Å². The molecule has 0 spiro atoms. The Morgan fingerprint density at radius 3 is 2.20 bits per heavy atom. The smallest absolute Gasteiger partial charge is 0.343 e. The number of aromatic nitrogens is 3. The summed E-state index contributed by atoms with van der Waals surface area (Å²) >= 11 is 1.34. The van der Waals surface area contributed by atoms with Crippen molar-refractivity contribution in [3.8, 4) is 11.4 Å². The van der Waals surface area contributed by atoms with Crippen LogP contribution in [0.4, 0.5) is 0 Å². The first-order chi connectivity index (χ1) is 22.0. The van der Waals surface area contributed by atoms with Gasteiger partial charge in [0.05, 0.1) is 17.5 Å². The number of hydrazone groups is 1. The Labute approximate surface area is 270 Å². The van der Waals surface area contributed by atoms with E-state index in [1.165, 1.54) is 63.1 Å². The normalized spacial score (nSPS) is 11.2. The summed E-state index contributed by atoms with van der Waals surface area (Å²) in [6.07, 6.45) is 13.8. The lowest BCUT2D eigenvalue weighted by atomic mass is 10.1. The minimum atomic E-state index is -0.417. The maximum atomic E-state index is 12.6. The molecule has 4 aromatic rings. The molecule has 0 saturated heterocycles. The Bertz CT molecular complexity index is 1500. The van der Waals surface area contributed by atoms with Crippen LogP contribution in [-0.2, 0) is 11.2 Å². The number of unbranched alkanes of at least 4 members (excludes halogenated alkanes) is 8. The van der Waals surface area contributed by atoms with Gasteiger partial charge in [-0.1, -0.05) is 106 Å². The van der Waals surface area contributed by atoms with Crippen molar-refractivity contribution in [2.24, 2.45) is 5.10 Å². The predicted octanol–water partition coefficient (Wildman–Crippen LogP) is 8.11. The summed E-state index contributed by atoms with van der Waals surface area (Å²) in [7, 11) is 0. The lowest BCUT2D eigenvalue weighted by molar-refractivity contribution is -0.118. The average molecular weight is 626 g/mol. The number of carbonyl (C=O) groups excluding carboxylic acids is 2. The van der Waals surface area contributed by atoms with Crippen LogP contribution in [0, 0.1) is 6.92 Å². The van der Waals surface area contributed by atoms with Crippen LogP contribution in [0.5, 0.6) is 5.75 Å². The number of carbonyl (C=O) groups is 2. The van der Waals surface area contributed by atoms with E-state index >= 15 is 0 Å². The molecular formula is C36H43N5O3S. The Hall–Kier alpha value is -4.24. The van der Waals surface area contributed by atoms with Gasteiger partial charge < -0.3 is 4.74 Å². The van der Waals surface area contributed by atoms with E-state index in [4.69, 9.17) is 4.74 Å². The maximum Gasteiger partial charge on any atom is 0.343 e. The third-order valence-corrected chi connectivity index (χ3v) is 8.26. The van der Waals surface area contributed by atoms with Crippen molar-refractivity contribution in [1.82, 2.24) is 20.2 Å². The predicted molar refractivity (Wildman–Crippen MR) is 181 cm³/mol. The molecule has 9 heteroatoms. The quantitative estimate of drug-likeness (QED) is 0.0300. The molecule has 1 aromatic heterocycles. The molecule has 0 aliphatic rings. The summed E-state index contributed by atoms with van der Waals surface area (Å²) in [4.78, 5) is 24.9. The summed E-state index contributed by atoms with van der Waals surface area (Å²) in [5, 5.41) is 13.7. The molecule has 236 valence electrons. The zero-order chi connectivity index (χ0) is 31.7. The summed E-state index contributed by atoms with van der Waals surface area (Å²) in [6.45, 7) is 4.21. The highest BCUT2D eigenvalue weighted by Crippen LogP contribution is 2.23. The molecule has 8 nitrogen and oxygen atoms in total.